The maximum atomic E-state index is 12.8. The van der Waals surface area contributed by atoms with Crippen LogP contribution < -0.4 is 0 Å². The number of rotatable bonds is 3. The molecule has 0 saturated carbocycles. The first-order chi connectivity index (χ1) is 11.6. The van der Waals surface area contributed by atoms with Gasteiger partial charge in [0.25, 0.3) is 0 Å². The molecule has 0 bridgehead atoms. The number of thiophene rings is 1. The van der Waals surface area contributed by atoms with Crippen molar-refractivity contribution >= 4 is 43.9 Å². The summed E-state index contributed by atoms with van der Waals surface area (Å²) in [5.41, 5.74) is 0.256. The fourth-order valence-corrected chi connectivity index (χ4v) is 3.89. The third-order valence-electron chi connectivity index (χ3n) is 4.01. The quantitative estimate of drug-likeness (QED) is 0.538. The summed E-state index contributed by atoms with van der Waals surface area (Å²) in [4.78, 5) is 24.7. The Labute approximate surface area is 141 Å². The van der Waals surface area contributed by atoms with Crippen LogP contribution in [0.4, 0.5) is 0 Å². The Morgan fingerprint density at radius 3 is 2.08 bits per heavy atom. The fraction of sp³-hybridized carbons (Fsp3) is 0. The largest absolute Gasteiger partial charge is 0.478 e. The minimum absolute atomic E-state index is 0.0325. The molecule has 0 aliphatic heterocycles. The molecule has 4 rings (SSSR count). The number of aromatic carboxylic acids is 1. The summed E-state index contributed by atoms with van der Waals surface area (Å²) in [6.45, 7) is 0. The highest BCUT2D eigenvalue weighted by Crippen LogP contribution is 2.31. The zero-order valence-electron chi connectivity index (χ0n) is 12.5. The molecule has 0 fully saturated rings. The van der Waals surface area contributed by atoms with Gasteiger partial charge in [-0.05, 0) is 40.4 Å². The van der Waals surface area contributed by atoms with Gasteiger partial charge in [-0.1, -0.05) is 42.5 Å². The summed E-state index contributed by atoms with van der Waals surface area (Å²) in [7, 11) is 0. The molecular weight excluding hydrogens is 320 g/mol. The Balaban J connectivity index is 1.86. The molecule has 0 radical (unpaired) electrons. The highest BCUT2D eigenvalue weighted by Gasteiger charge is 2.19. The molecular formula is C20H12O3S. The van der Waals surface area contributed by atoms with Crippen molar-refractivity contribution in [2.75, 3.05) is 0 Å². The molecule has 3 aromatic carbocycles. The van der Waals surface area contributed by atoms with E-state index < -0.39 is 5.97 Å². The van der Waals surface area contributed by atoms with Crippen LogP contribution in [0.2, 0.25) is 0 Å². The third kappa shape index (κ3) is 2.37. The molecule has 0 aliphatic carbocycles. The average Bonchev–Trinajstić information content (AvgIpc) is 3.01. The Hall–Kier alpha value is -2.98. The van der Waals surface area contributed by atoms with Crippen molar-refractivity contribution in [2.24, 2.45) is 0 Å². The Morgan fingerprint density at radius 1 is 0.750 bits per heavy atom. The van der Waals surface area contributed by atoms with Crippen LogP contribution in [-0.4, -0.2) is 16.9 Å². The van der Waals surface area contributed by atoms with Gasteiger partial charge in [0, 0.05) is 10.3 Å². The van der Waals surface area contributed by atoms with Crippen molar-refractivity contribution in [1.29, 1.82) is 0 Å². The maximum absolute atomic E-state index is 12.8. The molecule has 0 atom stereocenters. The number of hydrogen-bond acceptors (Lipinski definition) is 3. The number of carbonyl (C=O) groups is 2. The van der Waals surface area contributed by atoms with Gasteiger partial charge in [0.1, 0.15) is 0 Å². The number of carboxylic acids is 1. The van der Waals surface area contributed by atoms with Crippen LogP contribution in [0.25, 0.3) is 20.9 Å². The number of carbonyl (C=O) groups excluding carboxylic acids is 1. The first-order valence-corrected chi connectivity index (χ1v) is 8.24. The zero-order valence-corrected chi connectivity index (χ0v) is 13.3. The SMILES string of the molecule is O=C(O)c1ccccc1C(=O)c1cc2cc3ccccc3cc2s1. The van der Waals surface area contributed by atoms with Gasteiger partial charge in [-0.15, -0.1) is 11.3 Å². The van der Waals surface area contributed by atoms with E-state index in [4.69, 9.17) is 0 Å². The van der Waals surface area contributed by atoms with Crippen molar-refractivity contribution < 1.29 is 14.7 Å². The third-order valence-corrected chi connectivity index (χ3v) is 5.11. The van der Waals surface area contributed by atoms with E-state index in [1.807, 2.05) is 30.3 Å². The average molecular weight is 332 g/mol. The van der Waals surface area contributed by atoms with E-state index in [-0.39, 0.29) is 16.9 Å². The molecule has 116 valence electrons. The van der Waals surface area contributed by atoms with E-state index in [0.29, 0.717) is 4.88 Å². The van der Waals surface area contributed by atoms with Gasteiger partial charge < -0.3 is 5.11 Å². The van der Waals surface area contributed by atoms with Gasteiger partial charge in [-0.25, -0.2) is 4.79 Å². The minimum Gasteiger partial charge on any atom is -0.478 e. The van der Waals surface area contributed by atoms with Gasteiger partial charge in [0.15, 0.2) is 0 Å². The molecule has 4 heteroatoms. The topological polar surface area (TPSA) is 54.4 Å². The Bertz CT molecular complexity index is 1060. The second-order valence-electron chi connectivity index (χ2n) is 5.53. The molecule has 1 aromatic heterocycles. The van der Waals surface area contributed by atoms with Crippen LogP contribution in [0.5, 0.6) is 0 Å². The van der Waals surface area contributed by atoms with Gasteiger partial charge in [-0.3, -0.25) is 4.79 Å². The minimum atomic E-state index is -1.09. The number of hydrogen-bond donors (Lipinski definition) is 1. The van der Waals surface area contributed by atoms with Gasteiger partial charge in [0.05, 0.1) is 10.4 Å². The fourth-order valence-electron chi connectivity index (χ4n) is 2.84. The van der Waals surface area contributed by atoms with E-state index in [9.17, 15) is 14.7 Å². The van der Waals surface area contributed by atoms with Crippen LogP contribution in [-0.2, 0) is 0 Å². The Morgan fingerprint density at radius 2 is 1.38 bits per heavy atom. The molecule has 0 saturated heterocycles. The smallest absolute Gasteiger partial charge is 0.336 e. The molecule has 0 aliphatic rings. The van der Waals surface area contributed by atoms with Gasteiger partial charge in [0.2, 0.25) is 5.78 Å². The van der Waals surface area contributed by atoms with Gasteiger partial charge in [-0.2, -0.15) is 0 Å². The van der Waals surface area contributed by atoms with E-state index in [1.165, 1.54) is 17.4 Å². The number of fused-ring (bicyclic) bond motifs is 2. The van der Waals surface area contributed by atoms with Crippen molar-refractivity contribution in [2.45, 2.75) is 0 Å². The Kier molecular flexibility index (Phi) is 3.40. The van der Waals surface area contributed by atoms with Crippen LogP contribution >= 0.6 is 11.3 Å². The standard InChI is InChI=1S/C20H12O3S/c21-19(15-7-3-4-8-16(15)20(22)23)18-11-14-9-12-5-1-2-6-13(12)10-17(14)24-18/h1-11H,(H,22,23). The predicted octanol–water partition coefficient (Wildman–Crippen LogP) is 4.98. The lowest BCUT2D eigenvalue weighted by Gasteiger charge is -2.02. The van der Waals surface area contributed by atoms with Crippen molar-refractivity contribution in [1.82, 2.24) is 0 Å². The molecule has 3 nitrogen and oxygen atoms in total. The number of ketones is 1. The van der Waals surface area contributed by atoms with Crippen LogP contribution in [0, 0.1) is 0 Å². The summed E-state index contributed by atoms with van der Waals surface area (Å²) in [6.07, 6.45) is 0. The first kappa shape index (κ1) is 14.6. The monoisotopic (exact) mass is 332 g/mol. The van der Waals surface area contributed by atoms with Crippen molar-refractivity contribution in [3.05, 3.63) is 82.7 Å². The molecule has 1 N–H and O–H groups in total. The summed E-state index contributed by atoms with van der Waals surface area (Å²) < 4.78 is 1.02. The molecule has 0 spiro atoms. The van der Waals surface area contributed by atoms with E-state index >= 15 is 0 Å². The highest BCUT2D eigenvalue weighted by molar-refractivity contribution is 7.21. The molecule has 0 amide bonds. The number of benzene rings is 3. The van der Waals surface area contributed by atoms with Crippen LogP contribution in [0.15, 0.2) is 66.7 Å². The predicted molar refractivity (Wildman–Crippen MR) is 96.2 cm³/mol. The summed E-state index contributed by atoms with van der Waals surface area (Å²) in [6, 6.07) is 20.3. The first-order valence-electron chi connectivity index (χ1n) is 7.43. The second-order valence-corrected chi connectivity index (χ2v) is 6.61. The summed E-state index contributed by atoms with van der Waals surface area (Å²) in [5, 5.41) is 12.5. The second kappa shape index (κ2) is 5.58. The molecule has 24 heavy (non-hydrogen) atoms. The maximum Gasteiger partial charge on any atom is 0.336 e. The van der Waals surface area contributed by atoms with E-state index in [1.54, 1.807) is 18.2 Å². The lowest BCUT2D eigenvalue weighted by atomic mass is 10.0. The van der Waals surface area contributed by atoms with Gasteiger partial charge >= 0.3 is 5.97 Å². The molecule has 1 heterocycles. The zero-order chi connectivity index (χ0) is 16.7. The van der Waals surface area contributed by atoms with Crippen LogP contribution in [0.3, 0.4) is 0 Å². The van der Waals surface area contributed by atoms with E-state index in [2.05, 4.69) is 12.1 Å². The molecule has 0 unspecified atom stereocenters. The normalized spacial score (nSPS) is 11.0. The summed E-state index contributed by atoms with van der Waals surface area (Å²) in [5.74, 6) is -1.34. The van der Waals surface area contributed by atoms with E-state index in [0.717, 1.165) is 20.9 Å². The van der Waals surface area contributed by atoms with Crippen LogP contribution in [0.1, 0.15) is 25.6 Å². The lowest BCUT2D eigenvalue weighted by Crippen LogP contribution is -2.08. The highest BCUT2D eigenvalue weighted by atomic mass is 32.1. The molecule has 4 aromatic rings. The van der Waals surface area contributed by atoms with Crippen molar-refractivity contribution in [3.8, 4) is 0 Å². The number of carboxylic acid groups (broad SMARTS) is 1. The van der Waals surface area contributed by atoms with Crippen molar-refractivity contribution in [3.63, 3.8) is 0 Å². The lowest BCUT2D eigenvalue weighted by molar-refractivity contribution is 0.0693. The summed E-state index contributed by atoms with van der Waals surface area (Å²) >= 11 is 1.39.